The molecule has 1 amide bonds. The second-order valence-corrected chi connectivity index (χ2v) is 6.18. The van der Waals surface area contributed by atoms with E-state index in [9.17, 15) is 4.79 Å². The Morgan fingerprint density at radius 3 is 2.85 bits per heavy atom. The summed E-state index contributed by atoms with van der Waals surface area (Å²) in [6, 6.07) is 13.6. The Morgan fingerprint density at radius 2 is 2.00 bits per heavy atom. The van der Waals surface area contributed by atoms with Crippen molar-refractivity contribution in [2.24, 2.45) is 0 Å². The third-order valence-corrected chi connectivity index (χ3v) is 4.50. The number of aryl methyl sites for hydroxylation is 1. The largest absolute Gasteiger partial charge is 0.368 e. The molecule has 4 rings (SSSR count). The SMILES string of the molecule is CCn1ccc2ccc(C(=O)NCc3ccc4cnc(N)nc4c3)cc21. The van der Waals surface area contributed by atoms with Crippen LogP contribution in [0.25, 0.3) is 21.8 Å². The number of benzene rings is 2. The van der Waals surface area contributed by atoms with Crippen LogP contribution in [0.5, 0.6) is 0 Å². The molecule has 0 fully saturated rings. The molecule has 4 aromatic rings. The van der Waals surface area contributed by atoms with E-state index >= 15 is 0 Å². The van der Waals surface area contributed by atoms with Crippen molar-refractivity contribution in [3.63, 3.8) is 0 Å². The summed E-state index contributed by atoms with van der Waals surface area (Å²) in [4.78, 5) is 20.7. The number of amides is 1. The van der Waals surface area contributed by atoms with Crippen molar-refractivity contribution >= 4 is 33.7 Å². The van der Waals surface area contributed by atoms with Crippen molar-refractivity contribution in [3.8, 4) is 0 Å². The van der Waals surface area contributed by atoms with Crippen molar-refractivity contribution in [2.75, 3.05) is 5.73 Å². The van der Waals surface area contributed by atoms with E-state index in [0.29, 0.717) is 12.1 Å². The number of fused-ring (bicyclic) bond motifs is 2. The first kappa shape index (κ1) is 16.1. The highest BCUT2D eigenvalue weighted by Gasteiger charge is 2.09. The number of hydrogen-bond acceptors (Lipinski definition) is 4. The number of carbonyl (C=O) groups excluding carboxylic acids is 1. The lowest BCUT2D eigenvalue weighted by Gasteiger charge is -2.08. The molecule has 0 bridgehead atoms. The minimum atomic E-state index is -0.0990. The van der Waals surface area contributed by atoms with Gasteiger partial charge in [0.05, 0.1) is 5.52 Å². The van der Waals surface area contributed by atoms with Crippen LogP contribution in [0.15, 0.2) is 54.9 Å². The van der Waals surface area contributed by atoms with Crippen LogP contribution < -0.4 is 11.1 Å². The molecular weight excluding hydrogens is 326 g/mol. The number of rotatable bonds is 4. The minimum absolute atomic E-state index is 0.0990. The van der Waals surface area contributed by atoms with Crippen LogP contribution in [0.3, 0.4) is 0 Å². The van der Waals surface area contributed by atoms with Crippen LogP contribution in [-0.4, -0.2) is 20.4 Å². The van der Waals surface area contributed by atoms with Gasteiger partial charge in [0.2, 0.25) is 5.95 Å². The second kappa shape index (κ2) is 6.48. The van der Waals surface area contributed by atoms with Crippen LogP contribution in [-0.2, 0) is 13.1 Å². The summed E-state index contributed by atoms with van der Waals surface area (Å²) in [5, 5.41) is 5.02. The van der Waals surface area contributed by atoms with Crippen molar-refractivity contribution in [1.82, 2.24) is 19.9 Å². The quantitative estimate of drug-likeness (QED) is 0.595. The molecule has 0 aliphatic rings. The van der Waals surface area contributed by atoms with Crippen LogP contribution in [0.2, 0.25) is 0 Å². The Bertz CT molecular complexity index is 1120. The van der Waals surface area contributed by atoms with Gasteiger partial charge in [-0.25, -0.2) is 9.97 Å². The molecular formula is C20H19N5O. The standard InChI is InChI=1S/C20H19N5O/c1-2-25-8-7-14-5-6-15(10-18(14)25)19(26)22-11-13-3-4-16-12-23-20(21)24-17(16)9-13/h3-10,12H,2,11H2,1H3,(H,22,26)(H2,21,23,24). The summed E-state index contributed by atoms with van der Waals surface area (Å²) < 4.78 is 2.12. The van der Waals surface area contributed by atoms with Gasteiger partial charge in [0.1, 0.15) is 0 Å². The number of nitrogens with two attached hydrogens (primary N) is 1. The first-order chi connectivity index (χ1) is 12.6. The number of nitrogens with one attached hydrogen (secondary N) is 1. The molecule has 0 saturated carbocycles. The molecule has 0 spiro atoms. The molecule has 3 N–H and O–H groups in total. The first-order valence-electron chi connectivity index (χ1n) is 8.52. The number of carbonyl (C=O) groups is 1. The minimum Gasteiger partial charge on any atom is -0.368 e. The summed E-state index contributed by atoms with van der Waals surface area (Å²) in [5.74, 6) is 0.143. The molecule has 2 aromatic carbocycles. The lowest BCUT2D eigenvalue weighted by Crippen LogP contribution is -2.22. The molecule has 0 unspecified atom stereocenters. The maximum Gasteiger partial charge on any atom is 0.251 e. The van der Waals surface area contributed by atoms with Gasteiger partial charge in [-0.1, -0.05) is 18.2 Å². The van der Waals surface area contributed by atoms with Gasteiger partial charge in [-0.05, 0) is 42.1 Å². The molecule has 26 heavy (non-hydrogen) atoms. The van der Waals surface area contributed by atoms with Crippen molar-refractivity contribution in [2.45, 2.75) is 20.0 Å². The molecule has 0 aliphatic carbocycles. The molecule has 2 aromatic heterocycles. The molecule has 2 heterocycles. The number of anilines is 1. The zero-order valence-corrected chi connectivity index (χ0v) is 14.4. The maximum atomic E-state index is 12.5. The van der Waals surface area contributed by atoms with Crippen molar-refractivity contribution in [1.29, 1.82) is 0 Å². The summed E-state index contributed by atoms with van der Waals surface area (Å²) >= 11 is 0. The highest BCUT2D eigenvalue weighted by atomic mass is 16.1. The van der Waals surface area contributed by atoms with Crippen LogP contribution in [0, 0.1) is 0 Å². The average molecular weight is 345 g/mol. The number of aromatic nitrogens is 3. The highest BCUT2D eigenvalue weighted by Crippen LogP contribution is 2.18. The van der Waals surface area contributed by atoms with Crippen molar-refractivity contribution < 1.29 is 4.79 Å². The predicted molar refractivity (Wildman–Crippen MR) is 103 cm³/mol. The maximum absolute atomic E-state index is 12.5. The lowest BCUT2D eigenvalue weighted by atomic mass is 10.1. The van der Waals surface area contributed by atoms with Gasteiger partial charge >= 0.3 is 0 Å². The summed E-state index contributed by atoms with van der Waals surface area (Å²) in [7, 11) is 0. The molecule has 130 valence electrons. The van der Waals surface area contributed by atoms with Gasteiger partial charge in [-0.2, -0.15) is 0 Å². The van der Waals surface area contributed by atoms with Gasteiger partial charge in [0, 0.05) is 41.9 Å². The van der Waals surface area contributed by atoms with E-state index in [-0.39, 0.29) is 11.9 Å². The fourth-order valence-electron chi connectivity index (χ4n) is 3.08. The molecule has 0 atom stereocenters. The van der Waals surface area contributed by atoms with E-state index < -0.39 is 0 Å². The number of hydrogen-bond donors (Lipinski definition) is 2. The van der Waals surface area contributed by atoms with E-state index in [1.54, 1.807) is 6.20 Å². The Balaban J connectivity index is 1.53. The Hall–Kier alpha value is -3.41. The normalized spacial score (nSPS) is 11.1. The zero-order valence-electron chi connectivity index (χ0n) is 14.4. The third-order valence-electron chi connectivity index (χ3n) is 4.50. The van der Waals surface area contributed by atoms with E-state index in [1.807, 2.05) is 42.6 Å². The van der Waals surface area contributed by atoms with E-state index in [1.165, 1.54) is 0 Å². The predicted octanol–water partition coefficient (Wildman–Crippen LogP) is 3.12. The van der Waals surface area contributed by atoms with Crippen molar-refractivity contribution in [3.05, 3.63) is 66.0 Å². The summed E-state index contributed by atoms with van der Waals surface area (Å²) in [6.07, 6.45) is 3.73. The smallest absolute Gasteiger partial charge is 0.251 e. The van der Waals surface area contributed by atoms with E-state index in [2.05, 4.69) is 32.8 Å². The van der Waals surface area contributed by atoms with Gasteiger partial charge in [0.15, 0.2) is 0 Å². The molecule has 6 nitrogen and oxygen atoms in total. The molecule has 0 aliphatic heterocycles. The van der Waals surface area contributed by atoms with Gasteiger partial charge in [0.25, 0.3) is 5.91 Å². The number of nitrogen functional groups attached to an aromatic ring is 1. The van der Waals surface area contributed by atoms with Crippen LogP contribution in [0.1, 0.15) is 22.8 Å². The fourth-order valence-corrected chi connectivity index (χ4v) is 3.08. The topological polar surface area (TPSA) is 85.8 Å². The van der Waals surface area contributed by atoms with E-state index in [0.717, 1.165) is 33.9 Å². The lowest BCUT2D eigenvalue weighted by molar-refractivity contribution is 0.0951. The first-order valence-corrected chi connectivity index (χ1v) is 8.52. The average Bonchev–Trinajstić information content (AvgIpc) is 3.08. The third kappa shape index (κ3) is 2.97. The molecule has 6 heteroatoms. The van der Waals surface area contributed by atoms with Gasteiger partial charge in [-0.3, -0.25) is 4.79 Å². The summed E-state index contributed by atoms with van der Waals surface area (Å²) in [6.45, 7) is 3.38. The Morgan fingerprint density at radius 1 is 1.15 bits per heavy atom. The van der Waals surface area contributed by atoms with Gasteiger partial charge < -0.3 is 15.6 Å². The molecule has 0 radical (unpaired) electrons. The van der Waals surface area contributed by atoms with E-state index in [4.69, 9.17) is 5.73 Å². The molecule has 0 saturated heterocycles. The fraction of sp³-hybridized carbons (Fsp3) is 0.150. The second-order valence-electron chi connectivity index (χ2n) is 6.18. The monoisotopic (exact) mass is 345 g/mol. The Labute approximate surface area is 150 Å². The number of nitrogens with zero attached hydrogens (tertiary/aromatic N) is 3. The highest BCUT2D eigenvalue weighted by molar-refractivity contribution is 5.98. The zero-order chi connectivity index (χ0) is 18.1. The van der Waals surface area contributed by atoms with Crippen LogP contribution >= 0.6 is 0 Å². The Kier molecular flexibility index (Phi) is 4.01. The summed E-state index contributed by atoms with van der Waals surface area (Å²) in [5.41, 5.74) is 9.09. The van der Waals surface area contributed by atoms with Crippen LogP contribution in [0.4, 0.5) is 5.95 Å². The van der Waals surface area contributed by atoms with Gasteiger partial charge in [-0.15, -0.1) is 0 Å².